The highest BCUT2D eigenvalue weighted by molar-refractivity contribution is 5.70. The number of allylic oxidation sites excluding steroid dienone is 12. The number of hydrogen-bond acceptors (Lipinski definition) is 5. The molecule has 0 radical (unpaired) electrons. The number of aliphatic hydroxyl groups excluding tert-OH is 1. The van der Waals surface area contributed by atoms with Crippen LogP contribution in [0.1, 0.15) is 168 Å². The summed E-state index contributed by atoms with van der Waals surface area (Å²) in [7, 11) is 0. The Balaban J connectivity index is 3.62. The second-order valence-corrected chi connectivity index (χ2v) is 12.6. The average Bonchev–Trinajstić information content (AvgIpc) is 3.09. The largest absolute Gasteiger partial charge is 0.462 e. The first kappa shape index (κ1) is 45.3. The molecule has 0 aliphatic heterocycles. The molecule has 0 aliphatic rings. The lowest BCUT2D eigenvalue weighted by molar-refractivity contribution is -0.161. The van der Waals surface area contributed by atoms with Crippen LogP contribution in [0.4, 0.5) is 0 Å². The van der Waals surface area contributed by atoms with Crippen LogP contribution >= 0.6 is 0 Å². The van der Waals surface area contributed by atoms with E-state index in [0.717, 1.165) is 83.5 Å². The molecule has 0 fully saturated rings. The first-order valence-electron chi connectivity index (χ1n) is 19.5. The number of hydrogen-bond donors (Lipinski definition) is 1. The Morgan fingerprint density at radius 1 is 0.500 bits per heavy atom. The number of carbonyl (C=O) groups is 2. The highest BCUT2D eigenvalue weighted by atomic mass is 16.6. The van der Waals surface area contributed by atoms with Gasteiger partial charge in [-0.2, -0.15) is 0 Å². The number of aliphatic hydroxyl groups is 1. The smallest absolute Gasteiger partial charge is 0.306 e. The molecular formula is C43H72O5. The molecule has 1 atom stereocenters. The third-order valence-corrected chi connectivity index (χ3v) is 8.01. The summed E-state index contributed by atoms with van der Waals surface area (Å²) in [5, 5.41) is 9.52. The molecule has 0 aromatic heterocycles. The molecule has 1 N–H and O–H groups in total. The standard InChI is InChI=1S/C43H72O5/c1-3-5-7-9-11-13-14-15-16-17-18-19-20-21-22-23-24-25-26-27-28-30-32-34-36-38-43(46)48-41(39-44)40-47-42(45)37-35-33-31-29-12-10-8-6-4-2/h5,7,11,13,15-16,18-19,21-22,24-25,41,44H,3-4,6,8-10,12,14,17,20,23,26-40H2,1-2H3/b7-5-,13-11-,16-15-,19-18-,22-21-,25-24-. The van der Waals surface area contributed by atoms with Crippen molar-refractivity contribution in [2.24, 2.45) is 0 Å². The van der Waals surface area contributed by atoms with Gasteiger partial charge in [-0.1, -0.05) is 164 Å². The number of unbranched alkanes of at least 4 members (excludes halogenated alkanes) is 14. The summed E-state index contributed by atoms with van der Waals surface area (Å²) in [6.07, 6.45) is 51.1. The van der Waals surface area contributed by atoms with Gasteiger partial charge in [-0.15, -0.1) is 0 Å². The van der Waals surface area contributed by atoms with E-state index >= 15 is 0 Å². The Morgan fingerprint density at radius 2 is 0.896 bits per heavy atom. The van der Waals surface area contributed by atoms with E-state index in [9.17, 15) is 14.7 Å². The summed E-state index contributed by atoms with van der Waals surface area (Å²) < 4.78 is 10.6. The third kappa shape index (κ3) is 36.2. The van der Waals surface area contributed by atoms with Crippen molar-refractivity contribution in [3.63, 3.8) is 0 Å². The van der Waals surface area contributed by atoms with E-state index in [1.165, 1.54) is 57.8 Å². The zero-order chi connectivity index (χ0) is 35.0. The van der Waals surface area contributed by atoms with Gasteiger partial charge < -0.3 is 14.6 Å². The maximum Gasteiger partial charge on any atom is 0.306 e. The SMILES string of the molecule is CC/C=C\C/C=C\C/C=C\C/C=C\C/C=C\C/C=C\CCCCCCCCC(=O)OC(CO)COC(=O)CCCCCCCCCCC. The van der Waals surface area contributed by atoms with Crippen LogP contribution in [0.25, 0.3) is 0 Å². The first-order chi connectivity index (χ1) is 23.6. The molecule has 0 spiro atoms. The van der Waals surface area contributed by atoms with E-state index in [1.54, 1.807) is 0 Å². The molecule has 0 aromatic carbocycles. The topological polar surface area (TPSA) is 72.8 Å². The van der Waals surface area contributed by atoms with Gasteiger partial charge in [0, 0.05) is 12.8 Å². The van der Waals surface area contributed by atoms with E-state index < -0.39 is 6.10 Å². The third-order valence-electron chi connectivity index (χ3n) is 8.01. The van der Waals surface area contributed by atoms with Gasteiger partial charge in [0.05, 0.1) is 6.61 Å². The Bertz CT molecular complexity index is 895. The zero-order valence-electron chi connectivity index (χ0n) is 31.0. The van der Waals surface area contributed by atoms with Gasteiger partial charge in [-0.05, 0) is 64.2 Å². The lowest BCUT2D eigenvalue weighted by Gasteiger charge is -2.15. The number of ether oxygens (including phenoxy) is 2. The van der Waals surface area contributed by atoms with Crippen LogP contribution in [0.2, 0.25) is 0 Å². The fraction of sp³-hybridized carbons (Fsp3) is 0.674. The van der Waals surface area contributed by atoms with Crippen LogP contribution in [0.15, 0.2) is 72.9 Å². The summed E-state index contributed by atoms with van der Waals surface area (Å²) in [6, 6.07) is 0. The van der Waals surface area contributed by atoms with Gasteiger partial charge in [-0.25, -0.2) is 0 Å². The highest BCUT2D eigenvalue weighted by Crippen LogP contribution is 2.12. The van der Waals surface area contributed by atoms with Crippen molar-refractivity contribution in [2.45, 2.75) is 174 Å². The van der Waals surface area contributed by atoms with Gasteiger partial charge in [0.25, 0.3) is 0 Å². The van der Waals surface area contributed by atoms with Gasteiger partial charge in [0.1, 0.15) is 6.61 Å². The van der Waals surface area contributed by atoms with Crippen molar-refractivity contribution in [1.29, 1.82) is 0 Å². The summed E-state index contributed by atoms with van der Waals surface area (Å²) in [5.41, 5.74) is 0. The minimum Gasteiger partial charge on any atom is -0.462 e. The van der Waals surface area contributed by atoms with E-state index in [1.807, 2.05) is 0 Å². The van der Waals surface area contributed by atoms with Crippen molar-refractivity contribution < 1.29 is 24.2 Å². The van der Waals surface area contributed by atoms with Crippen molar-refractivity contribution in [3.8, 4) is 0 Å². The maximum atomic E-state index is 12.1. The molecule has 0 bridgehead atoms. The zero-order valence-corrected chi connectivity index (χ0v) is 31.0. The van der Waals surface area contributed by atoms with Crippen LogP contribution in [0.3, 0.4) is 0 Å². The average molecular weight is 669 g/mol. The predicted octanol–water partition coefficient (Wildman–Crippen LogP) is 12.2. The molecule has 1 unspecified atom stereocenters. The maximum absolute atomic E-state index is 12.1. The Morgan fingerprint density at radius 3 is 1.35 bits per heavy atom. The lowest BCUT2D eigenvalue weighted by Crippen LogP contribution is -2.28. The molecular weight excluding hydrogens is 596 g/mol. The van der Waals surface area contributed by atoms with Gasteiger partial charge in [0.2, 0.25) is 0 Å². The molecule has 0 aliphatic carbocycles. The molecule has 5 heteroatoms. The summed E-state index contributed by atoms with van der Waals surface area (Å²) >= 11 is 0. The Hall–Kier alpha value is -2.66. The van der Waals surface area contributed by atoms with Crippen molar-refractivity contribution in [2.75, 3.05) is 13.2 Å². The summed E-state index contributed by atoms with van der Waals surface area (Å²) in [5.74, 6) is -0.616. The molecule has 0 amide bonds. The minimum atomic E-state index is -0.779. The molecule has 274 valence electrons. The Labute approximate surface area is 295 Å². The second kappa shape index (κ2) is 38.8. The summed E-state index contributed by atoms with van der Waals surface area (Å²) in [6.45, 7) is 3.97. The van der Waals surface area contributed by atoms with E-state index in [-0.39, 0.29) is 25.2 Å². The highest BCUT2D eigenvalue weighted by Gasteiger charge is 2.16. The van der Waals surface area contributed by atoms with Crippen molar-refractivity contribution in [1.82, 2.24) is 0 Å². The number of rotatable bonds is 34. The van der Waals surface area contributed by atoms with Crippen LogP contribution in [-0.2, 0) is 19.1 Å². The van der Waals surface area contributed by atoms with E-state index in [2.05, 4.69) is 86.8 Å². The van der Waals surface area contributed by atoms with Crippen LogP contribution in [-0.4, -0.2) is 36.4 Å². The molecule has 48 heavy (non-hydrogen) atoms. The van der Waals surface area contributed by atoms with Gasteiger partial charge >= 0.3 is 11.9 Å². The predicted molar refractivity (Wildman–Crippen MR) is 205 cm³/mol. The number of carbonyl (C=O) groups excluding carboxylic acids is 2. The van der Waals surface area contributed by atoms with Crippen molar-refractivity contribution >= 4 is 11.9 Å². The molecule has 5 nitrogen and oxygen atoms in total. The van der Waals surface area contributed by atoms with Crippen LogP contribution < -0.4 is 0 Å². The molecule has 0 rings (SSSR count). The van der Waals surface area contributed by atoms with E-state index in [0.29, 0.717) is 12.8 Å². The molecule has 0 saturated carbocycles. The lowest BCUT2D eigenvalue weighted by atomic mass is 10.1. The summed E-state index contributed by atoms with van der Waals surface area (Å²) in [4.78, 5) is 24.1. The normalized spacial score (nSPS) is 13.0. The fourth-order valence-electron chi connectivity index (χ4n) is 5.09. The fourth-order valence-corrected chi connectivity index (χ4v) is 5.09. The molecule has 0 heterocycles. The van der Waals surface area contributed by atoms with Gasteiger partial charge in [-0.3, -0.25) is 9.59 Å². The Kier molecular flexibility index (Phi) is 36.6. The van der Waals surface area contributed by atoms with E-state index in [4.69, 9.17) is 9.47 Å². The monoisotopic (exact) mass is 669 g/mol. The van der Waals surface area contributed by atoms with Crippen LogP contribution in [0.5, 0.6) is 0 Å². The quantitative estimate of drug-likeness (QED) is 0.0420. The minimum absolute atomic E-state index is 0.0741. The molecule has 0 aromatic rings. The second-order valence-electron chi connectivity index (χ2n) is 12.6. The van der Waals surface area contributed by atoms with Crippen molar-refractivity contribution in [3.05, 3.63) is 72.9 Å². The van der Waals surface area contributed by atoms with Gasteiger partial charge in [0.15, 0.2) is 6.10 Å². The number of esters is 2. The first-order valence-corrected chi connectivity index (χ1v) is 19.5. The van der Waals surface area contributed by atoms with Crippen LogP contribution in [0, 0.1) is 0 Å². The molecule has 0 saturated heterocycles.